The molecule has 6 heteroatoms. The number of benzene rings is 3. The molecule has 0 spiro atoms. The second-order valence-electron chi connectivity index (χ2n) is 6.34. The molecule has 3 aromatic carbocycles. The Balaban J connectivity index is 1.49. The zero-order valence-electron chi connectivity index (χ0n) is 16.1. The van der Waals surface area contributed by atoms with Crippen molar-refractivity contribution in [1.29, 1.82) is 0 Å². The van der Waals surface area contributed by atoms with Gasteiger partial charge >= 0.3 is 0 Å². The van der Waals surface area contributed by atoms with Crippen LogP contribution >= 0.6 is 11.8 Å². The lowest BCUT2D eigenvalue weighted by atomic mass is 10.1. The number of nitrogens with one attached hydrogen (secondary N) is 2. The molecule has 0 heterocycles. The molecule has 0 aliphatic rings. The van der Waals surface area contributed by atoms with E-state index in [1.54, 1.807) is 36.0 Å². The first-order valence-corrected chi connectivity index (χ1v) is 10.5. The number of amides is 2. The largest absolute Gasteiger partial charge is 0.489 e. The zero-order valence-corrected chi connectivity index (χ0v) is 16.9. The first-order valence-electron chi connectivity index (χ1n) is 9.11. The average molecular weight is 407 g/mol. The van der Waals surface area contributed by atoms with Gasteiger partial charge in [-0.25, -0.2) is 0 Å². The fourth-order valence-electron chi connectivity index (χ4n) is 2.61. The second kappa shape index (κ2) is 10.3. The van der Waals surface area contributed by atoms with Crippen LogP contribution in [-0.2, 0) is 12.4 Å². The first-order chi connectivity index (χ1) is 14.2. The molecule has 0 bridgehead atoms. The maximum absolute atomic E-state index is 12.3. The van der Waals surface area contributed by atoms with Crippen molar-refractivity contribution in [2.24, 2.45) is 0 Å². The Kier molecular flexibility index (Phi) is 7.30. The molecule has 0 atom stereocenters. The Bertz CT molecular complexity index is 942. The molecule has 148 valence electrons. The predicted octanol–water partition coefficient (Wildman–Crippen LogP) is 4.20. The third kappa shape index (κ3) is 6.12. The number of ether oxygens (including phenoxy) is 1. The number of thioether (sulfide) groups is 1. The summed E-state index contributed by atoms with van der Waals surface area (Å²) >= 11 is 1.72. The normalized spacial score (nSPS) is 10.2. The molecular formula is C23H22N2O3S. The van der Waals surface area contributed by atoms with Crippen molar-refractivity contribution < 1.29 is 14.3 Å². The van der Waals surface area contributed by atoms with Gasteiger partial charge in [0.2, 0.25) is 0 Å². The van der Waals surface area contributed by atoms with Gasteiger partial charge in [0.1, 0.15) is 12.4 Å². The van der Waals surface area contributed by atoms with E-state index in [1.807, 2.05) is 60.9 Å². The maximum atomic E-state index is 12.3. The molecule has 5 nitrogen and oxygen atoms in total. The van der Waals surface area contributed by atoms with Crippen LogP contribution in [-0.4, -0.2) is 18.1 Å². The van der Waals surface area contributed by atoms with Gasteiger partial charge in [-0.3, -0.25) is 20.4 Å². The van der Waals surface area contributed by atoms with Crippen LogP contribution in [0.5, 0.6) is 5.75 Å². The van der Waals surface area contributed by atoms with Crippen LogP contribution in [0.3, 0.4) is 0 Å². The molecule has 29 heavy (non-hydrogen) atoms. The first kappa shape index (κ1) is 20.5. The van der Waals surface area contributed by atoms with E-state index < -0.39 is 0 Å². The van der Waals surface area contributed by atoms with Gasteiger partial charge in [0.15, 0.2) is 0 Å². The molecule has 0 aromatic heterocycles. The van der Waals surface area contributed by atoms with E-state index in [9.17, 15) is 9.59 Å². The van der Waals surface area contributed by atoms with Gasteiger partial charge in [0.05, 0.1) is 0 Å². The number of hydrogen-bond donors (Lipinski definition) is 2. The Hall–Kier alpha value is -3.25. The highest BCUT2D eigenvalue weighted by atomic mass is 32.2. The Morgan fingerprint density at radius 2 is 1.28 bits per heavy atom. The molecule has 0 saturated carbocycles. The molecule has 0 aliphatic carbocycles. The summed E-state index contributed by atoms with van der Waals surface area (Å²) in [7, 11) is 0. The van der Waals surface area contributed by atoms with Crippen molar-refractivity contribution in [3.05, 3.63) is 101 Å². The molecule has 3 aromatic rings. The minimum absolute atomic E-state index is 0.359. The van der Waals surface area contributed by atoms with Gasteiger partial charge < -0.3 is 4.74 Å². The summed E-state index contributed by atoms with van der Waals surface area (Å²) < 4.78 is 5.69. The van der Waals surface area contributed by atoms with E-state index >= 15 is 0 Å². The lowest BCUT2D eigenvalue weighted by Gasteiger charge is -2.09. The van der Waals surface area contributed by atoms with Crippen LogP contribution in [0.15, 0.2) is 78.9 Å². The van der Waals surface area contributed by atoms with Crippen molar-refractivity contribution in [1.82, 2.24) is 10.9 Å². The van der Waals surface area contributed by atoms with Crippen molar-refractivity contribution in [2.45, 2.75) is 12.4 Å². The van der Waals surface area contributed by atoms with Crippen LogP contribution in [0.2, 0.25) is 0 Å². The molecule has 0 unspecified atom stereocenters. The second-order valence-corrected chi connectivity index (χ2v) is 7.20. The van der Waals surface area contributed by atoms with Crippen molar-refractivity contribution in [2.75, 3.05) is 6.26 Å². The molecule has 2 amide bonds. The van der Waals surface area contributed by atoms with E-state index in [0.29, 0.717) is 17.7 Å². The highest BCUT2D eigenvalue weighted by Gasteiger charge is 2.09. The van der Waals surface area contributed by atoms with Crippen LogP contribution in [0, 0.1) is 0 Å². The average Bonchev–Trinajstić information content (AvgIpc) is 2.77. The molecule has 0 aliphatic heterocycles. The number of hydrogen-bond acceptors (Lipinski definition) is 4. The van der Waals surface area contributed by atoms with Crippen LogP contribution in [0.1, 0.15) is 31.8 Å². The van der Waals surface area contributed by atoms with Crippen LogP contribution < -0.4 is 15.6 Å². The van der Waals surface area contributed by atoms with E-state index in [4.69, 9.17) is 4.74 Å². The van der Waals surface area contributed by atoms with Crippen molar-refractivity contribution in [3.8, 4) is 5.75 Å². The predicted molar refractivity (Wildman–Crippen MR) is 116 cm³/mol. The Morgan fingerprint density at radius 3 is 1.79 bits per heavy atom. The van der Waals surface area contributed by atoms with Crippen LogP contribution in [0.25, 0.3) is 0 Å². The smallest absolute Gasteiger partial charge is 0.269 e. The highest BCUT2D eigenvalue weighted by Crippen LogP contribution is 2.13. The van der Waals surface area contributed by atoms with E-state index in [2.05, 4.69) is 10.9 Å². The topological polar surface area (TPSA) is 67.4 Å². The van der Waals surface area contributed by atoms with Gasteiger partial charge in [-0.1, -0.05) is 42.5 Å². The summed E-state index contributed by atoms with van der Waals surface area (Å²) in [5.41, 5.74) is 7.91. The van der Waals surface area contributed by atoms with E-state index in [1.165, 1.54) is 0 Å². The number of carbonyl (C=O) groups excluding carboxylic acids is 2. The Morgan fingerprint density at radius 1 is 0.759 bits per heavy atom. The quantitative estimate of drug-likeness (QED) is 0.577. The third-order valence-corrected chi connectivity index (χ3v) is 4.80. The molecular weight excluding hydrogens is 384 g/mol. The SMILES string of the molecule is CSCc1ccc(C(=O)NNC(=O)c2ccc(COc3ccccc3)cc2)cc1. The molecule has 0 fully saturated rings. The minimum Gasteiger partial charge on any atom is -0.489 e. The number of hydrazine groups is 1. The molecule has 3 rings (SSSR count). The minimum atomic E-state index is -0.382. The van der Waals surface area contributed by atoms with Gasteiger partial charge in [-0.05, 0) is 53.8 Å². The fraction of sp³-hybridized carbons (Fsp3) is 0.130. The molecule has 0 saturated heterocycles. The number of para-hydroxylation sites is 1. The summed E-state index contributed by atoms with van der Waals surface area (Å²) in [6.45, 7) is 0.412. The standard InChI is InChI=1S/C23H22N2O3S/c1-29-16-18-9-13-20(14-10-18)23(27)25-24-22(26)19-11-7-17(8-12-19)15-28-21-5-3-2-4-6-21/h2-14H,15-16H2,1H3,(H,24,26)(H,25,27). The van der Waals surface area contributed by atoms with E-state index in [0.717, 1.165) is 22.6 Å². The summed E-state index contributed by atoms with van der Waals surface area (Å²) in [6, 6.07) is 23.9. The third-order valence-electron chi connectivity index (χ3n) is 4.18. The number of rotatable bonds is 7. The van der Waals surface area contributed by atoms with Gasteiger partial charge in [-0.15, -0.1) is 0 Å². The summed E-state index contributed by atoms with van der Waals surface area (Å²) in [4.78, 5) is 24.4. The lowest BCUT2D eigenvalue weighted by Crippen LogP contribution is -2.41. The van der Waals surface area contributed by atoms with Gasteiger partial charge in [0, 0.05) is 16.9 Å². The maximum Gasteiger partial charge on any atom is 0.269 e. The zero-order chi connectivity index (χ0) is 20.5. The summed E-state index contributed by atoms with van der Waals surface area (Å²) in [5, 5.41) is 0. The fourth-order valence-corrected chi connectivity index (χ4v) is 3.14. The van der Waals surface area contributed by atoms with Gasteiger partial charge in [-0.2, -0.15) is 11.8 Å². The van der Waals surface area contributed by atoms with E-state index in [-0.39, 0.29) is 11.8 Å². The monoisotopic (exact) mass is 406 g/mol. The van der Waals surface area contributed by atoms with Crippen LogP contribution in [0.4, 0.5) is 0 Å². The van der Waals surface area contributed by atoms with Crippen molar-refractivity contribution >= 4 is 23.6 Å². The highest BCUT2D eigenvalue weighted by molar-refractivity contribution is 7.97. The lowest BCUT2D eigenvalue weighted by molar-refractivity contribution is 0.0846. The summed E-state index contributed by atoms with van der Waals surface area (Å²) in [6.07, 6.45) is 2.03. The Labute approximate surface area is 174 Å². The number of carbonyl (C=O) groups is 2. The van der Waals surface area contributed by atoms with Crippen molar-refractivity contribution in [3.63, 3.8) is 0 Å². The molecule has 2 N–H and O–H groups in total. The molecule has 0 radical (unpaired) electrons. The van der Waals surface area contributed by atoms with Gasteiger partial charge in [0.25, 0.3) is 11.8 Å². The summed E-state index contributed by atoms with van der Waals surface area (Å²) in [5.74, 6) is 0.943.